The number of guanidine groups is 1. The van der Waals surface area contributed by atoms with Crippen LogP contribution in [0.1, 0.15) is 44.2 Å². The number of aliphatic imine (C=N–C) groups is 1. The first-order valence-corrected chi connectivity index (χ1v) is 7.38. The lowest BCUT2D eigenvalue weighted by Gasteiger charge is -2.27. The van der Waals surface area contributed by atoms with Gasteiger partial charge in [0, 0.05) is 6.04 Å². The largest absolute Gasteiger partial charge is 0.338 e. The minimum atomic E-state index is -0.624. The molecule has 2 N–H and O–H groups in total. The molecule has 1 fully saturated rings. The van der Waals surface area contributed by atoms with Crippen molar-refractivity contribution in [1.82, 2.24) is 10.6 Å². The number of aryl methyl sites for hydroxylation is 1. The Morgan fingerprint density at radius 3 is 2.85 bits per heavy atom. The van der Waals surface area contributed by atoms with Crippen molar-refractivity contribution in [3.05, 3.63) is 35.4 Å². The van der Waals surface area contributed by atoms with Crippen LogP contribution < -0.4 is 10.6 Å². The summed E-state index contributed by atoms with van der Waals surface area (Å²) in [6.45, 7) is 4.01. The maximum Gasteiger partial charge on any atom is 0.257 e. The number of nitrogens with one attached hydrogen (secondary N) is 2. The van der Waals surface area contributed by atoms with E-state index in [1.54, 1.807) is 0 Å². The van der Waals surface area contributed by atoms with Crippen LogP contribution in [-0.4, -0.2) is 17.9 Å². The van der Waals surface area contributed by atoms with E-state index in [4.69, 9.17) is 0 Å². The summed E-state index contributed by atoms with van der Waals surface area (Å²) in [6, 6.07) is 8.43. The predicted octanol–water partition coefficient (Wildman–Crippen LogP) is 2.09. The molecule has 0 radical (unpaired) electrons. The van der Waals surface area contributed by atoms with Gasteiger partial charge in [-0.1, -0.05) is 24.3 Å². The second kappa shape index (κ2) is 4.93. The SMILES string of the molecule is CC(C)N=C1NC(=O)C2(CCCCc3ccccc32)N1. The Balaban J connectivity index is 2.06. The van der Waals surface area contributed by atoms with Crippen LogP contribution in [0, 0.1) is 0 Å². The van der Waals surface area contributed by atoms with E-state index in [9.17, 15) is 4.79 Å². The molecule has 4 nitrogen and oxygen atoms in total. The van der Waals surface area contributed by atoms with Crippen molar-refractivity contribution in [2.45, 2.75) is 51.1 Å². The molecule has 0 aromatic heterocycles. The van der Waals surface area contributed by atoms with Crippen LogP contribution in [0.3, 0.4) is 0 Å². The number of carbonyl (C=O) groups excluding carboxylic acids is 1. The van der Waals surface area contributed by atoms with Gasteiger partial charge in [0.1, 0.15) is 5.54 Å². The highest BCUT2D eigenvalue weighted by Crippen LogP contribution is 2.36. The third-order valence-corrected chi connectivity index (χ3v) is 4.06. The van der Waals surface area contributed by atoms with E-state index in [2.05, 4.69) is 27.8 Å². The molecule has 1 aromatic carbocycles. The summed E-state index contributed by atoms with van der Waals surface area (Å²) in [5.74, 6) is 0.646. The molecular formula is C16H21N3O. The molecule has 106 valence electrons. The summed E-state index contributed by atoms with van der Waals surface area (Å²) in [4.78, 5) is 17.1. The average Bonchev–Trinajstić information content (AvgIpc) is 2.60. The van der Waals surface area contributed by atoms with E-state index in [1.165, 1.54) is 5.56 Å². The van der Waals surface area contributed by atoms with Crippen molar-refractivity contribution < 1.29 is 4.79 Å². The number of nitrogens with zero attached hydrogens (tertiary/aromatic N) is 1. The highest BCUT2D eigenvalue weighted by molar-refractivity contribution is 6.09. The van der Waals surface area contributed by atoms with Crippen LogP contribution in [0.15, 0.2) is 29.3 Å². The van der Waals surface area contributed by atoms with Crippen LogP contribution in [-0.2, 0) is 16.8 Å². The van der Waals surface area contributed by atoms with Crippen LogP contribution in [0.4, 0.5) is 0 Å². The van der Waals surface area contributed by atoms with Gasteiger partial charge in [-0.15, -0.1) is 0 Å². The van der Waals surface area contributed by atoms with Crippen molar-refractivity contribution >= 4 is 11.9 Å². The standard InChI is InChI=1S/C16H21N3O/c1-11(2)17-15-18-14(20)16(19-15)10-6-5-8-12-7-3-4-9-13(12)16/h3-4,7,9,11H,5-6,8,10H2,1-2H3,(H2,17,18,19,20). The van der Waals surface area contributed by atoms with Crippen LogP contribution in [0.2, 0.25) is 0 Å². The summed E-state index contributed by atoms with van der Waals surface area (Å²) in [5, 5.41) is 6.29. The molecule has 0 bridgehead atoms. The number of hydrogen-bond donors (Lipinski definition) is 2. The Labute approximate surface area is 119 Å². The van der Waals surface area contributed by atoms with E-state index in [-0.39, 0.29) is 11.9 Å². The predicted molar refractivity (Wildman–Crippen MR) is 79.5 cm³/mol. The second-order valence-corrected chi connectivity index (χ2v) is 5.92. The van der Waals surface area contributed by atoms with Gasteiger partial charge < -0.3 is 5.32 Å². The summed E-state index contributed by atoms with van der Waals surface area (Å²) in [5.41, 5.74) is 1.77. The summed E-state index contributed by atoms with van der Waals surface area (Å²) < 4.78 is 0. The topological polar surface area (TPSA) is 53.5 Å². The molecule has 4 heteroatoms. The lowest BCUT2D eigenvalue weighted by Crippen LogP contribution is -2.44. The third-order valence-electron chi connectivity index (χ3n) is 4.06. The Morgan fingerprint density at radius 1 is 1.25 bits per heavy atom. The zero-order valence-electron chi connectivity index (χ0n) is 12.1. The van der Waals surface area contributed by atoms with Crippen LogP contribution >= 0.6 is 0 Å². The zero-order valence-corrected chi connectivity index (χ0v) is 12.1. The fraction of sp³-hybridized carbons (Fsp3) is 0.500. The van der Waals surface area contributed by atoms with Crippen molar-refractivity contribution in [3.8, 4) is 0 Å². The molecule has 1 heterocycles. The van der Waals surface area contributed by atoms with Gasteiger partial charge in [0.05, 0.1) is 0 Å². The van der Waals surface area contributed by atoms with Gasteiger partial charge in [-0.05, 0) is 50.7 Å². The number of rotatable bonds is 1. The third kappa shape index (κ3) is 2.09. The molecule has 1 aliphatic carbocycles. The quantitative estimate of drug-likeness (QED) is 0.822. The van der Waals surface area contributed by atoms with Crippen molar-refractivity contribution in [3.63, 3.8) is 0 Å². The molecule has 1 spiro atoms. The fourth-order valence-corrected chi connectivity index (χ4v) is 3.19. The Hall–Kier alpha value is -1.84. The molecule has 1 amide bonds. The van der Waals surface area contributed by atoms with Crippen molar-refractivity contribution in [1.29, 1.82) is 0 Å². The summed E-state index contributed by atoms with van der Waals surface area (Å²) >= 11 is 0. The van der Waals surface area contributed by atoms with Crippen molar-refractivity contribution in [2.75, 3.05) is 0 Å². The number of amides is 1. The molecule has 20 heavy (non-hydrogen) atoms. The van der Waals surface area contributed by atoms with Gasteiger partial charge in [-0.3, -0.25) is 15.1 Å². The maximum absolute atomic E-state index is 12.6. The number of fused-ring (bicyclic) bond motifs is 2. The Bertz CT molecular complexity index is 565. The summed E-state index contributed by atoms with van der Waals surface area (Å²) in [6.07, 6.45) is 4.05. The number of carbonyl (C=O) groups is 1. The zero-order chi connectivity index (χ0) is 14.2. The van der Waals surface area contributed by atoms with Crippen molar-refractivity contribution in [2.24, 2.45) is 4.99 Å². The van der Waals surface area contributed by atoms with E-state index < -0.39 is 5.54 Å². The summed E-state index contributed by atoms with van der Waals surface area (Å²) in [7, 11) is 0. The first-order chi connectivity index (χ1) is 9.62. The van der Waals surface area contributed by atoms with E-state index in [0.717, 1.165) is 31.2 Å². The van der Waals surface area contributed by atoms with Gasteiger partial charge in [0.15, 0.2) is 5.96 Å². The maximum atomic E-state index is 12.6. The molecular weight excluding hydrogens is 250 g/mol. The Kier molecular flexibility index (Phi) is 3.24. The monoisotopic (exact) mass is 271 g/mol. The van der Waals surface area contributed by atoms with Gasteiger partial charge in [-0.2, -0.15) is 0 Å². The van der Waals surface area contributed by atoms with E-state index in [0.29, 0.717) is 5.96 Å². The van der Waals surface area contributed by atoms with Crippen LogP contribution in [0.5, 0.6) is 0 Å². The van der Waals surface area contributed by atoms with Gasteiger partial charge in [0.25, 0.3) is 5.91 Å². The van der Waals surface area contributed by atoms with E-state index in [1.807, 2.05) is 26.0 Å². The van der Waals surface area contributed by atoms with Crippen LogP contribution in [0.25, 0.3) is 0 Å². The second-order valence-electron chi connectivity index (χ2n) is 5.92. The first-order valence-electron chi connectivity index (χ1n) is 7.38. The molecule has 1 aromatic rings. The van der Waals surface area contributed by atoms with E-state index >= 15 is 0 Å². The highest BCUT2D eigenvalue weighted by Gasteiger charge is 2.47. The normalized spacial score (nSPS) is 27.4. The fourth-order valence-electron chi connectivity index (χ4n) is 3.19. The minimum absolute atomic E-state index is 0.0336. The molecule has 1 aliphatic heterocycles. The molecule has 1 saturated heterocycles. The van der Waals surface area contributed by atoms with Gasteiger partial charge in [-0.25, -0.2) is 0 Å². The lowest BCUT2D eigenvalue weighted by atomic mass is 9.84. The highest BCUT2D eigenvalue weighted by atomic mass is 16.2. The van der Waals surface area contributed by atoms with Gasteiger partial charge in [0.2, 0.25) is 0 Å². The smallest absolute Gasteiger partial charge is 0.257 e. The van der Waals surface area contributed by atoms with Gasteiger partial charge >= 0.3 is 0 Å². The molecule has 3 rings (SSSR count). The number of benzene rings is 1. The minimum Gasteiger partial charge on any atom is -0.338 e. The molecule has 1 atom stereocenters. The lowest BCUT2D eigenvalue weighted by molar-refractivity contribution is -0.124. The molecule has 1 unspecified atom stereocenters. The average molecular weight is 271 g/mol. The first kappa shape index (κ1) is 13.2. The Morgan fingerprint density at radius 2 is 2.05 bits per heavy atom. The molecule has 2 aliphatic rings. The number of hydrogen-bond acceptors (Lipinski definition) is 2. The molecule has 0 saturated carbocycles.